The Hall–Kier alpha value is -1.68. The van der Waals surface area contributed by atoms with E-state index in [0.717, 1.165) is 13.0 Å². The quantitative estimate of drug-likeness (QED) is 0.743. The van der Waals surface area contributed by atoms with Gasteiger partial charge in [0, 0.05) is 12.5 Å². The second kappa shape index (κ2) is 3.96. The predicted molar refractivity (Wildman–Crippen MR) is 62.5 cm³/mol. The SMILES string of the molecule is O=C1CN(CC2Cc3ccccc32)CC(=O)N1. The lowest BCUT2D eigenvalue weighted by molar-refractivity contribution is -0.136. The van der Waals surface area contributed by atoms with Gasteiger partial charge in [0.2, 0.25) is 11.8 Å². The maximum absolute atomic E-state index is 11.2. The second-order valence-corrected chi connectivity index (χ2v) is 4.74. The number of fused-ring (bicyclic) bond motifs is 1. The normalized spacial score (nSPS) is 23.9. The van der Waals surface area contributed by atoms with Gasteiger partial charge in [0.1, 0.15) is 0 Å². The standard InChI is InChI=1S/C13H14N2O2/c16-12-7-15(8-13(17)14-12)6-10-5-9-3-1-2-4-11(9)10/h1-4,10H,5-8H2,(H,14,16,17). The average molecular weight is 230 g/mol. The molecule has 1 saturated heterocycles. The van der Waals surface area contributed by atoms with E-state index < -0.39 is 0 Å². The van der Waals surface area contributed by atoms with E-state index in [4.69, 9.17) is 0 Å². The van der Waals surface area contributed by atoms with Crippen molar-refractivity contribution >= 4 is 11.8 Å². The van der Waals surface area contributed by atoms with Crippen LogP contribution in [0, 0.1) is 0 Å². The zero-order chi connectivity index (χ0) is 11.8. The molecule has 1 N–H and O–H groups in total. The van der Waals surface area contributed by atoms with Crippen molar-refractivity contribution in [3.63, 3.8) is 0 Å². The Morgan fingerprint density at radius 1 is 1.18 bits per heavy atom. The van der Waals surface area contributed by atoms with Gasteiger partial charge >= 0.3 is 0 Å². The highest BCUT2D eigenvalue weighted by Crippen LogP contribution is 2.35. The van der Waals surface area contributed by atoms with Crippen LogP contribution >= 0.6 is 0 Å². The molecular formula is C13H14N2O2. The third-order valence-corrected chi connectivity index (χ3v) is 3.45. The lowest BCUT2D eigenvalue weighted by Gasteiger charge is -2.35. The molecule has 3 rings (SSSR count). The maximum atomic E-state index is 11.2. The number of piperazine rings is 1. The highest BCUT2D eigenvalue weighted by atomic mass is 16.2. The number of carbonyl (C=O) groups excluding carboxylic acids is 2. The fourth-order valence-electron chi connectivity index (χ4n) is 2.66. The highest BCUT2D eigenvalue weighted by molar-refractivity contribution is 5.99. The molecule has 1 fully saturated rings. The molecule has 0 radical (unpaired) electrons. The Balaban J connectivity index is 1.66. The van der Waals surface area contributed by atoms with Crippen molar-refractivity contribution in [3.05, 3.63) is 35.4 Å². The summed E-state index contributed by atoms with van der Waals surface area (Å²) in [7, 11) is 0. The van der Waals surface area contributed by atoms with Crippen LogP contribution < -0.4 is 5.32 Å². The number of carbonyl (C=O) groups is 2. The Morgan fingerprint density at radius 2 is 1.88 bits per heavy atom. The van der Waals surface area contributed by atoms with Gasteiger partial charge in [0.15, 0.2) is 0 Å². The number of imide groups is 1. The van der Waals surface area contributed by atoms with Crippen LogP contribution in [0.15, 0.2) is 24.3 Å². The van der Waals surface area contributed by atoms with Crippen LogP contribution in [0.25, 0.3) is 0 Å². The van der Waals surface area contributed by atoms with E-state index >= 15 is 0 Å². The Morgan fingerprint density at radius 3 is 2.59 bits per heavy atom. The molecule has 1 unspecified atom stereocenters. The molecule has 2 amide bonds. The molecule has 1 heterocycles. The molecule has 0 saturated carbocycles. The van der Waals surface area contributed by atoms with Crippen molar-refractivity contribution in [2.45, 2.75) is 12.3 Å². The molecule has 4 heteroatoms. The number of benzene rings is 1. The van der Waals surface area contributed by atoms with Crippen LogP contribution in [0.1, 0.15) is 17.0 Å². The molecule has 0 spiro atoms. The van der Waals surface area contributed by atoms with E-state index in [1.807, 2.05) is 17.0 Å². The zero-order valence-corrected chi connectivity index (χ0v) is 9.48. The molecule has 88 valence electrons. The van der Waals surface area contributed by atoms with Crippen molar-refractivity contribution < 1.29 is 9.59 Å². The topological polar surface area (TPSA) is 49.4 Å². The number of rotatable bonds is 2. The first-order valence-corrected chi connectivity index (χ1v) is 5.85. The molecule has 1 aromatic carbocycles. The third-order valence-electron chi connectivity index (χ3n) is 3.45. The van der Waals surface area contributed by atoms with Gasteiger partial charge in [-0.2, -0.15) is 0 Å². The van der Waals surface area contributed by atoms with Gasteiger partial charge in [-0.05, 0) is 17.5 Å². The van der Waals surface area contributed by atoms with E-state index in [0.29, 0.717) is 19.0 Å². The molecule has 1 aliphatic carbocycles. The monoisotopic (exact) mass is 230 g/mol. The summed E-state index contributed by atoms with van der Waals surface area (Å²) >= 11 is 0. The minimum Gasteiger partial charge on any atom is -0.294 e. The molecule has 1 atom stereocenters. The average Bonchev–Trinajstić information content (AvgIpc) is 2.24. The maximum Gasteiger partial charge on any atom is 0.240 e. The minimum atomic E-state index is -0.186. The summed E-state index contributed by atoms with van der Waals surface area (Å²) < 4.78 is 0. The number of hydrogen-bond acceptors (Lipinski definition) is 3. The van der Waals surface area contributed by atoms with Crippen LogP contribution in [-0.2, 0) is 16.0 Å². The van der Waals surface area contributed by atoms with Crippen LogP contribution in [0.4, 0.5) is 0 Å². The molecule has 4 nitrogen and oxygen atoms in total. The summed E-state index contributed by atoms with van der Waals surface area (Å²) in [5, 5.41) is 2.32. The molecular weight excluding hydrogens is 216 g/mol. The molecule has 0 bridgehead atoms. The van der Waals surface area contributed by atoms with Crippen LogP contribution in [0.2, 0.25) is 0 Å². The Kier molecular flexibility index (Phi) is 2.44. The van der Waals surface area contributed by atoms with E-state index in [2.05, 4.69) is 17.4 Å². The van der Waals surface area contributed by atoms with E-state index in [-0.39, 0.29) is 11.8 Å². The fourth-order valence-corrected chi connectivity index (χ4v) is 2.66. The first kappa shape index (κ1) is 10.5. The van der Waals surface area contributed by atoms with Gasteiger partial charge in [-0.1, -0.05) is 24.3 Å². The first-order valence-electron chi connectivity index (χ1n) is 5.85. The van der Waals surface area contributed by atoms with Crippen molar-refractivity contribution in [3.8, 4) is 0 Å². The van der Waals surface area contributed by atoms with Crippen LogP contribution in [0.5, 0.6) is 0 Å². The number of nitrogens with one attached hydrogen (secondary N) is 1. The molecule has 1 aromatic rings. The summed E-state index contributed by atoms with van der Waals surface area (Å²) in [5.74, 6) is 0.104. The predicted octanol–water partition coefficient (Wildman–Crippen LogP) is 0.285. The van der Waals surface area contributed by atoms with E-state index in [1.165, 1.54) is 11.1 Å². The van der Waals surface area contributed by atoms with E-state index in [1.54, 1.807) is 0 Å². The van der Waals surface area contributed by atoms with Gasteiger partial charge in [0.25, 0.3) is 0 Å². The van der Waals surface area contributed by atoms with Gasteiger partial charge in [-0.25, -0.2) is 0 Å². The van der Waals surface area contributed by atoms with Gasteiger partial charge < -0.3 is 0 Å². The lowest BCUT2D eigenvalue weighted by atomic mass is 9.77. The summed E-state index contributed by atoms with van der Waals surface area (Å²) in [6.07, 6.45) is 1.06. The summed E-state index contributed by atoms with van der Waals surface area (Å²) in [4.78, 5) is 24.4. The Labute approximate surface area is 99.6 Å². The third kappa shape index (κ3) is 1.96. The molecule has 17 heavy (non-hydrogen) atoms. The number of amides is 2. The zero-order valence-electron chi connectivity index (χ0n) is 9.48. The van der Waals surface area contributed by atoms with Crippen molar-refractivity contribution in [2.24, 2.45) is 0 Å². The fraction of sp³-hybridized carbons (Fsp3) is 0.385. The smallest absolute Gasteiger partial charge is 0.240 e. The summed E-state index contributed by atoms with van der Waals surface area (Å²) in [5.41, 5.74) is 2.76. The molecule has 1 aliphatic heterocycles. The lowest BCUT2D eigenvalue weighted by Crippen LogP contribution is -2.52. The minimum absolute atomic E-state index is 0.186. The summed E-state index contributed by atoms with van der Waals surface area (Å²) in [6.45, 7) is 1.48. The second-order valence-electron chi connectivity index (χ2n) is 4.74. The first-order chi connectivity index (χ1) is 8.22. The molecule has 2 aliphatic rings. The van der Waals surface area contributed by atoms with Crippen LogP contribution in [-0.4, -0.2) is 36.3 Å². The van der Waals surface area contributed by atoms with Crippen molar-refractivity contribution in [1.82, 2.24) is 10.2 Å². The van der Waals surface area contributed by atoms with Crippen molar-refractivity contribution in [1.29, 1.82) is 0 Å². The van der Waals surface area contributed by atoms with Gasteiger partial charge in [-0.3, -0.25) is 19.8 Å². The summed E-state index contributed by atoms with van der Waals surface area (Å²) in [6, 6.07) is 8.36. The Bertz CT molecular complexity index is 468. The van der Waals surface area contributed by atoms with Crippen LogP contribution in [0.3, 0.4) is 0 Å². The van der Waals surface area contributed by atoms with E-state index in [9.17, 15) is 9.59 Å². The van der Waals surface area contributed by atoms with Crippen molar-refractivity contribution in [2.75, 3.05) is 19.6 Å². The number of nitrogens with zero attached hydrogens (tertiary/aromatic N) is 1. The van der Waals surface area contributed by atoms with Gasteiger partial charge in [0.05, 0.1) is 13.1 Å². The largest absolute Gasteiger partial charge is 0.294 e. The highest BCUT2D eigenvalue weighted by Gasteiger charge is 2.30. The molecule has 0 aromatic heterocycles. The van der Waals surface area contributed by atoms with Gasteiger partial charge in [-0.15, -0.1) is 0 Å². The number of hydrogen-bond donors (Lipinski definition) is 1.